The van der Waals surface area contributed by atoms with E-state index in [-0.39, 0.29) is 6.04 Å². The van der Waals surface area contributed by atoms with Gasteiger partial charge in [0.05, 0.1) is 0 Å². The van der Waals surface area contributed by atoms with E-state index in [0.29, 0.717) is 5.56 Å². The molecule has 0 bridgehead atoms. The predicted octanol–water partition coefficient (Wildman–Crippen LogP) is 3.01. The molecule has 1 unspecified atom stereocenters. The summed E-state index contributed by atoms with van der Waals surface area (Å²) in [7, 11) is 0. The molecule has 0 aromatic heterocycles. The van der Waals surface area contributed by atoms with Crippen molar-refractivity contribution in [3.8, 4) is 0 Å². The molecule has 0 spiro atoms. The Bertz CT molecular complexity index is 259. The van der Waals surface area contributed by atoms with Crippen molar-refractivity contribution in [2.75, 3.05) is 0 Å². The third-order valence-electron chi connectivity index (χ3n) is 1.47. The Hall–Kier alpha value is -0.960. The number of benzene rings is 1. The highest BCUT2D eigenvalue weighted by molar-refractivity contribution is 5.20. The van der Waals surface area contributed by atoms with Crippen LogP contribution in [0.4, 0.5) is 8.78 Å². The Labute approximate surface area is 77.6 Å². The number of nitrogens with two attached hydrogens (primary N) is 1. The van der Waals surface area contributed by atoms with Crippen LogP contribution in [0.1, 0.15) is 32.4 Å². The van der Waals surface area contributed by atoms with Gasteiger partial charge in [-0.05, 0) is 24.6 Å². The van der Waals surface area contributed by atoms with E-state index >= 15 is 0 Å². The molecule has 1 aromatic carbocycles. The molecule has 3 heteroatoms. The van der Waals surface area contributed by atoms with Crippen LogP contribution in [-0.2, 0) is 0 Å². The summed E-state index contributed by atoms with van der Waals surface area (Å²) in [6.45, 7) is 5.71. The third kappa shape index (κ3) is 3.51. The first-order valence-electron chi connectivity index (χ1n) is 4.32. The first kappa shape index (κ1) is 12.0. The van der Waals surface area contributed by atoms with E-state index in [1.165, 1.54) is 6.07 Å². The average molecular weight is 187 g/mol. The molecule has 74 valence electrons. The molecule has 0 aliphatic rings. The molecule has 0 amide bonds. The second-order valence-electron chi connectivity index (χ2n) is 2.46. The Morgan fingerprint density at radius 2 is 1.69 bits per heavy atom. The summed E-state index contributed by atoms with van der Waals surface area (Å²) in [6, 6.07) is 3.40. The van der Waals surface area contributed by atoms with Crippen LogP contribution in [0.3, 0.4) is 0 Å². The van der Waals surface area contributed by atoms with Gasteiger partial charge in [0.2, 0.25) is 0 Å². The van der Waals surface area contributed by atoms with Gasteiger partial charge in [-0.25, -0.2) is 8.78 Å². The van der Waals surface area contributed by atoms with Gasteiger partial charge in [-0.3, -0.25) is 0 Å². The Morgan fingerprint density at radius 1 is 1.15 bits per heavy atom. The molecule has 0 aliphatic heterocycles. The van der Waals surface area contributed by atoms with Gasteiger partial charge in [0.15, 0.2) is 11.6 Å². The minimum Gasteiger partial charge on any atom is -0.324 e. The Morgan fingerprint density at radius 3 is 2.08 bits per heavy atom. The minimum absolute atomic E-state index is 0.259. The molecule has 13 heavy (non-hydrogen) atoms. The van der Waals surface area contributed by atoms with Crippen molar-refractivity contribution in [3.63, 3.8) is 0 Å². The predicted molar refractivity (Wildman–Crippen MR) is 50.3 cm³/mol. The Kier molecular flexibility index (Phi) is 5.23. The first-order valence-corrected chi connectivity index (χ1v) is 4.32. The topological polar surface area (TPSA) is 26.0 Å². The molecule has 0 fully saturated rings. The van der Waals surface area contributed by atoms with Gasteiger partial charge < -0.3 is 5.73 Å². The lowest BCUT2D eigenvalue weighted by Gasteiger charge is -2.04. The normalized spacial score (nSPS) is 11.5. The maximum atomic E-state index is 12.5. The molecule has 1 aromatic rings. The molecule has 0 saturated heterocycles. The average Bonchev–Trinajstić information content (AvgIpc) is 2.13. The largest absolute Gasteiger partial charge is 0.324 e. The highest BCUT2D eigenvalue weighted by atomic mass is 19.2. The van der Waals surface area contributed by atoms with Crippen LogP contribution in [0.2, 0.25) is 0 Å². The fourth-order valence-electron chi connectivity index (χ4n) is 0.796. The van der Waals surface area contributed by atoms with Gasteiger partial charge in [-0.15, -0.1) is 0 Å². The summed E-state index contributed by atoms with van der Waals surface area (Å²) in [4.78, 5) is 0. The molecule has 0 heterocycles. The van der Waals surface area contributed by atoms with Crippen LogP contribution in [-0.4, -0.2) is 0 Å². The van der Waals surface area contributed by atoms with Crippen LogP contribution < -0.4 is 5.73 Å². The highest BCUT2D eigenvalue weighted by Crippen LogP contribution is 2.13. The van der Waals surface area contributed by atoms with Gasteiger partial charge in [0.1, 0.15) is 0 Å². The van der Waals surface area contributed by atoms with Crippen molar-refractivity contribution >= 4 is 0 Å². The summed E-state index contributed by atoms with van der Waals surface area (Å²) in [5, 5.41) is 0. The molecule has 0 aliphatic carbocycles. The molecular formula is C10H15F2N. The summed E-state index contributed by atoms with van der Waals surface area (Å²) in [5.41, 5.74) is 6.04. The van der Waals surface area contributed by atoms with E-state index in [9.17, 15) is 8.78 Å². The third-order valence-corrected chi connectivity index (χ3v) is 1.47. The van der Waals surface area contributed by atoms with E-state index < -0.39 is 11.6 Å². The lowest BCUT2D eigenvalue weighted by molar-refractivity contribution is 0.506. The van der Waals surface area contributed by atoms with Crippen molar-refractivity contribution < 1.29 is 8.78 Å². The van der Waals surface area contributed by atoms with Gasteiger partial charge in [0, 0.05) is 6.04 Å². The molecule has 0 saturated carbocycles. The second-order valence-corrected chi connectivity index (χ2v) is 2.46. The van der Waals surface area contributed by atoms with Gasteiger partial charge in [-0.2, -0.15) is 0 Å². The standard InChI is InChI=1S/C8H9F2N.C2H6/c1-5(11)6-2-3-7(9)8(10)4-6;1-2/h2-5H,11H2,1H3;1-2H3. The van der Waals surface area contributed by atoms with Crippen LogP contribution >= 0.6 is 0 Å². The Balaban J connectivity index is 0.000000671. The zero-order chi connectivity index (χ0) is 10.4. The first-order chi connectivity index (χ1) is 6.11. The van der Waals surface area contributed by atoms with Gasteiger partial charge in [0.25, 0.3) is 0 Å². The van der Waals surface area contributed by atoms with E-state index in [2.05, 4.69) is 0 Å². The minimum atomic E-state index is -0.847. The lowest BCUT2D eigenvalue weighted by atomic mass is 10.1. The fourth-order valence-corrected chi connectivity index (χ4v) is 0.796. The second kappa shape index (κ2) is 5.65. The van der Waals surface area contributed by atoms with Crippen LogP contribution in [0, 0.1) is 11.6 Å². The smallest absolute Gasteiger partial charge is 0.159 e. The number of hydrogen-bond donors (Lipinski definition) is 1. The lowest BCUT2D eigenvalue weighted by Crippen LogP contribution is -2.05. The zero-order valence-corrected chi connectivity index (χ0v) is 8.14. The van der Waals surface area contributed by atoms with Crippen LogP contribution in [0.15, 0.2) is 18.2 Å². The van der Waals surface area contributed by atoms with Crippen molar-refractivity contribution in [3.05, 3.63) is 35.4 Å². The van der Waals surface area contributed by atoms with Gasteiger partial charge in [-0.1, -0.05) is 19.9 Å². The number of hydrogen-bond acceptors (Lipinski definition) is 1. The van der Waals surface area contributed by atoms with Crippen molar-refractivity contribution in [2.45, 2.75) is 26.8 Å². The van der Waals surface area contributed by atoms with E-state index in [1.54, 1.807) is 6.92 Å². The summed E-state index contributed by atoms with van der Waals surface area (Å²) in [6.07, 6.45) is 0. The molecule has 1 nitrogen and oxygen atoms in total. The summed E-state index contributed by atoms with van der Waals surface area (Å²) < 4.78 is 24.9. The summed E-state index contributed by atoms with van der Waals surface area (Å²) in [5.74, 6) is -1.69. The van der Waals surface area contributed by atoms with E-state index in [4.69, 9.17) is 5.73 Å². The van der Waals surface area contributed by atoms with Crippen LogP contribution in [0.5, 0.6) is 0 Å². The summed E-state index contributed by atoms with van der Waals surface area (Å²) >= 11 is 0. The maximum absolute atomic E-state index is 12.5. The SMILES string of the molecule is CC.CC(N)c1ccc(F)c(F)c1. The number of halogens is 2. The molecule has 2 N–H and O–H groups in total. The highest BCUT2D eigenvalue weighted by Gasteiger charge is 2.04. The van der Waals surface area contributed by atoms with Crippen molar-refractivity contribution in [1.82, 2.24) is 0 Å². The maximum Gasteiger partial charge on any atom is 0.159 e. The molecule has 1 atom stereocenters. The monoisotopic (exact) mass is 187 g/mol. The quantitative estimate of drug-likeness (QED) is 0.718. The van der Waals surface area contributed by atoms with Crippen molar-refractivity contribution in [1.29, 1.82) is 0 Å². The van der Waals surface area contributed by atoms with E-state index in [0.717, 1.165) is 12.1 Å². The van der Waals surface area contributed by atoms with Crippen molar-refractivity contribution in [2.24, 2.45) is 5.73 Å². The number of rotatable bonds is 1. The molecule has 1 rings (SSSR count). The van der Waals surface area contributed by atoms with Gasteiger partial charge >= 0.3 is 0 Å². The van der Waals surface area contributed by atoms with E-state index in [1.807, 2.05) is 13.8 Å². The molecule has 0 radical (unpaired) electrons. The fraction of sp³-hybridized carbons (Fsp3) is 0.400. The van der Waals surface area contributed by atoms with Crippen LogP contribution in [0.25, 0.3) is 0 Å². The molecular weight excluding hydrogens is 172 g/mol. The zero-order valence-electron chi connectivity index (χ0n) is 8.14.